The number of carbonyl (C=O) groups is 1. The van der Waals surface area contributed by atoms with Crippen LogP contribution in [0.4, 0.5) is 13.2 Å². The summed E-state index contributed by atoms with van der Waals surface area (Å²) in [4.78, 5) is 10.8. The van der Waals surface area contributed by atoms with Gasteiger partial charge in [0.25, 0.3) is 0 Å². The fraction of sp³-hybridized carbons (Fsp3) is 0.526. The van der Waals surface area contributed by atoms with Crippen molar-refractivity contribution < 1.29 is 29.5 Å². The van der Waals surface area contributed by atoms with Gasteiger partial charge in [-0.3, -0.25) is 4.79 Å². The molecule has 1 aliphatic rings. The number of aliphatic hydroxyl groups excluding tert-OH is 1. The maximum atomic E-state index is 12.2. The first-order chi connectivity index (χ1) is 12.6. The highest BCUT2D eigenvalue weighted by molar-refractivity contribution is 5.81. The van der Waals surface area contributed by atoms with E-state index in [1.807, 2.05) is 0 Å². The lowest BCUT2D eigenvalue weighted by molar-refractivity contribution is -0.173. The summed E-state index contributed by atoms with van der Waals surface area (Å²) in [5, 5.41) is 22.4. The van der Waals surface area contributed by atoms with Crippen molar-refractivity contribution >= 4 is 12.0 Å². The molecule has 4 nitrogen and oxygen atoms in total. The first-order valence-electron chi connectivity index (χ1n) is 9.16. The third-order valence-corrected chi connectivity index (χ3v) is 4.47. The fourth-order valence-corrected chi connectivity index (χ4v) is 2.96. The van der Waals surface area contributed by atoms with E-state index in [9.17, 15) is 28.2 Å². The molecule has 1 saturated carbocycles. The number of rotatable bonds is 6. The Kier molecular flexibility index (Phi) is 6.32. The van der Waals surface area contributed by atoms with Crippen molar-refractivity contribution in [2.75, 3.05) is 6.54 Å². The van der Waals surface area contributed by atoms with Gasteiger partial charge in [-0.1, -0.05) is 49.6 Å². The monoisotopic (exact) mass is 372 g/mol. The molecule has 1 atom stereocenters. The predicted molar refractivity (Wildman–Crippen MR) is 92.2 cm³/mol. The zero-order valence-electron chi connectivity index (χ0n) is 15.4. The molecule has 0 bridgehead atoms. The van der Waals surface area contributed by atoms with E-state index in [0.29, 0.717) is 18.4 Å². The summed E-state index contributed by atoms with van der Waals surface area (Å²) in [6.07, 6.45) is 1.56. The largest absolute Gasteiger partial charge is 0.471 e. The molecule has 0 spiro atoms. The summed E-state index contributed by atoms with van der Waals surface area (Å²) in [5.74, 6) is -2.06. The number of benzene rings is 1. The first-order valence-corrected chi connectivity index (χ1v) is 8.66. The second-order valence-electron chi connectivity index (χ2n) is 6.63. The second kappa shape index (κ2) is 8.68. The Morgan fingerprint density at radius 1 is 1.38 bits per heavy atom. The normalized spacial score (nSPS) is 19.2. The Morgan fingerprint density at radius 2 is 2.08 bits per heavy atom. The van der Waals surface area contributed by atoms with Crippen molar-refractivity contribution in [1.82, 2.24) is 5.32 Å². The van der Waals surface area contributed by atoms with Crippen molar-refractivity contribution in [2.45, 2.75) is 56.4 Å². The van der Waals surface area contributed by atoms with Gasteiger partial charge in [0.05, 0.1) is 13.1 Å². The van der Waals surface area contributed by atoms with E-state index in [1.165, 1.54) is 6.07 Å². The first kappa shape index (κ1) is 18.9. The van der Waals surface area contributed by atoms with Gasteiger partial charge in [0.15, 0.2) is 0 Å². The smallest absolute Gasteiger partial charge is 0.388 e. The molecule has 2 rings (SSSR count). The Bertz CT molecular complexity index is 685. The predicted octanol–water partition coefficient (Wildman–Crippen LogP) is 3.50. The van der Waals surface area contributed by atoms with E-state index in [4.69, 9.17) is 1.37 Å². The number of nitrogens with one attached hydrogen (secondary N) is 1. The van der Waals surface area contributed by atoms with Gasteiger partial charge in [-0.25, -0.2) is 0 Å². The summed E-state index contributed by atoms with van der Waals surface area (Å²) < 4.78 is 44.3. The van der Waals surface area contributed by atoms with Gasteiger partial charge >= 0.3 is 12.1 Å². The van der Waals surface area contributed by atoms with Crippen LogP contribution in [0, 0.1) is 0 Å². The van der Waals surface area contributed by atoms with E-state index in [2.05, 4.69) is 0 Å². The molecule has 0 aromatic heterocycles. The molecule has 1 amide bonds. The van der Waals surface area contributed by atoms with Crippen LogP contribution in [0.1, 0.15) is 57.1 Å². The lowest BCUT2D eigenvalue weighted by Crippen LogP contribution is -2.37. The summed E-state index contributed by atoms with van der Waals surface area (Å²) >= 11 is 0. The molecule has 0 aliphatic heterocycles. The van der Waals surface area contributed by atoms with E-state index in [-0.39, 0.29) is 24.6 Å². The maximum Gasteiger partial charge on any atom is 0.471 e. The van der Waals surface area contributed by atoms with Crippen LogP contribution in [0.2, 0.25) is 0 Å². The molecular weight excluding hydrogens is 347 g/mol. The standard InChI is InChI=1S/C19H24F3NO3/c20-19(21,22)17(25)23-12-8-16(24)15-6-4-5-14(13-15)7-11-18(26)9-2-1-3-10-18/h4-7,11,13,16,24,26H,1-3,8-10,12H2,(H,23,25)/i6D. The molecule has 144 valence electrons. The highest BCUT2D eigenvalue weighted by Gasteiger charge is 2.38. The van der Waals surface area contributed by atoms with E-state index in [0.717, 1.165) is 19.3 Å². The van der Waals surface area contributed by atoms with Crippen LogP contribution in [0.25, 0.3) is 6.08 Å². The lowest BCUT2D eigenvalue weighted by atomic mass is 9.84. The van der Waals surface area contributed by atoms with Gasteiger partial charge in [0.1, 0.15) is 0 Å². The van der Waals surface area contributed by atoms with E-state index < -0.39 is 23.8 Å². The van der Waals surface area contributed by atoms with Crippen LogP contribution < -0.4 is 5.32 Å². The molecule has 7 heteroatoms. The molecule has 0 saturated heterocycles. The molecule has 1 fully saturated rings. The van der Waals surface area contributed by atoms with Gasteiger partial charge in [-0.05, 0) is 36.5 Å². The topological polar surface area (TPSA) is 69.6 Å². The van der Waals surface area contributed by atoms with Crippen molar-refractivity contribution in [3.8, 4) is 0 Å². The van der Waals surface area contributed by atoms with Crippen LogP contribution in [0.15, 0.2) is 30.3 Å². The van der Waals surface area contributed by atoms with Crippen LogP contribution in [-0.4, -0.2) is 34.4 Å². The van der Waals surface area contributed by atoms with Crippen molar-refractivity contribution in [3.63, 3.8) is 0 Å². The van der Waals surface area contributed by atoms with Gasteiger partial charge in [-0.15, -0.1) is 0 Å². The SMILES string of the molecule is [2H]c1ccc(C=CC2(O)CCCCC2)cc1C(O)CCNC(=O)C(F)(F)F. The zero-order chi connectivity index (χ0) is 20.1. The van der Waals surface area contributed by atoms with Crippen molar-refractivity contribution in [3.05, 3.63) is 41.4 Å². The summed E-state index contributed by atoms with van der Waals surface area (Å²) in [6.45, 7) is -0.362. The highest BCUT2D eigenvalue weighted by atomic mass is 19.4. The molecule has 26 heavy (non-hydrogen) atoms. The summed E-state index contributed by atoms with van der Waals surface area (Å²) in [6, 6.07) is 4.78. The van der Waals surface area contributed by atoms with Gasteiger partial charge in [0.2, 0.25) is 0 Å². The minimum Gasteiger partial charge on any atom is -0.388 e. The molecule has 1 aromatic carbocycles. The van der Waals surface area contributed by atoms with Crippen LogP contribution in [0.5, 0.6) is 0 Å². The Balaban J connectivity index is 2.00. The Labute approximate surface area is 152 Å². The lowest BCUT2D eigenvalue weighted by Gasteiger charge is -2.28. The number of alkyl halides is 3. The van der Waals surface area contributed by atoms with Gasteiger partial charge < -0.3 is 15.5 Å². The van der Waals surface area contributed by atoms with E-state index >= 15 is 0 Å². The molecule has 1 unspecified atom stereocenters. The van der Waals surface area contributed by atoms with Crippen LogP contribution in [0.3, 0.4) is 0 Å². The van der Waals surface area contributed by atoms with Crippen LogP contribution >= 0.6 is 0 Å². The summed E-state index contributed by atoms with van der Waals surface area (Å²) in [7, 11) is 0. The molecule has 1 aliphatic carbocycles. The number of amides is 1. The highest BCUT2D eigenvalue weighted by Crippen LogP contribution is 2.30. The third-order valence-electron chi connectivity index (χ3n) is 4.47. The number of carbonyl (C=O) groups excluding carboxylic acids is 1. The molecule has 0 radical (unpaired) electrons. The Hall–Kier alpha value is -1.86. The van der Waals surface area contributed by atoms with Gasteiger partial charge in [0, 0.05) is 6.54 Å². The molecule has 3 N–H and O–H groups in total. The number of hydrogen-bond acceptors (Lipinski definition) is 3. The molecular formula is C19H24F3NO3. The average molecular weight is 372 g/mol. The number of aliphatic hydroxyl groups is 2. The number of hydrogen-bond donors (Lipinski definition) is 3. The minimum absolute atomic E-state index is 0.0539. The fourth-order valence-electron chi connectivity index (χ4n) is 2.96. The Morgan fingerprint density at radius 3 is 2.73 bits per heavy atom. The average Bonchev–Trinajstić information content (AvgIpc) is 2.60. The van der Waals surface area contributed by atoms with Crippen molar-refractivity contribution in [1.29, 1.82) is 0 Å². The molecule has 0 heterocycles. The number of halogens is 3. The molecule has 1 aromatic rings. The van der Waals surface area contributed by atoms with E-state index in [1.54, 1.807) is 29.6 Å². The minimum atomic E-state index is -4.96. The third kappa shape index (κ3) is 6.14. The second-order valence-corrected chi connectivity index (χ2v) is 6.63. The van der Waals surface area contributed by atoms with Crippen molar-refractivity contribution in [2.24, 2.45) is 0 Å². The quantitative estimate of drug-likeness (QED) is 0.716. The van der Waals surface area contributed by atoms with Gasteiger partial charge in [-0.2, -0.15) is 13.2 Å². The van der Waals surface area contributed by atoms with Crippen LogP contribution in [-0.2, 0) is 4.79 Å². The zero-order valence-corrected chi connectivity index (χ0v) is 14.4. The summed E-state index contributed by atoms with van der Waals surface area (Å²) in [5.41, 5.74) is 0.0888. The maximum absolute atomic E-state index is 12.2.